The summed E-state index contributed by atoms with van der Waals surface area (Å²) in [5, 5.41) is 7.72. The highest BCUT2D eigenvalue weighted by Gasteiger charge is 2.10. The summed E-state index contributed by atoms with van der Waals surface area (Å²) >= 11 is 3.58. The Bertz CT molecular complexity index is 524. The molecule has 0 spiro atoms. The van der Waals surface area contributed by atoms with E-state index in [4.69, 9.17) is 0 Å². The van der Waals surface area contributed by atoms with E-state index in [0.717, 1.165) is 29.8 Å². The molecule has 5 heteroatoms. The first-order chi connectivity index (χ1) is 9.22. The molecule has 0 fully saturated rings. The number of nitrogens with zero attached hydrogens (tertiary/aromatic N) is 3. The Morgan fingerprint density at radius 1 is 1.37 bits per heavy atom. The fourth-order valence-corrected chi connectivity index (χ4v) is 2.63. The van der Waals surface area contributed by atoms with Crippen LogP contribution in [0.1, 0.15) is 37.7 Å². The first-order valence-electron chi connectivity index (χ1n) is 6.57. The minimum atomic E-state index is 0.266. The molecule has 0 aliphatic heterocycles. The molecule has 1 N–H and O–H groups in total. The molecule has 102 valence electrons. The van der Waals surface area contributed by atoms with Gasteiger partial charge in [0.2, 0.25) is 0 Å². The van der Waals surface area contributed by atoms with Crippen LogP contribution in [0, 0.1) is 0 Å². The van der Waals surface area contributed by atoms with E-state index in [1.807, 2.05) is 10.7 Å². The Labute approximate surface area is 122 Å². The summed E-state index contributed by atoms with van der Waals surface area (Å²) in [5.41, 5.74) is 1.25. The van der Waals surface area contributed by atoms with Crippen LogP contribution in [-0.2, 0) is 13.1 Å². The van der Waals surface area contributed by atoms with E-state index in [-0.39, 0.29) is 6.04 Å². The van der Waals surface area contributed by atoms with Crippen LogP contribution < -0.4 is 5.32 Å². The number of nitrogens with one attached hydrogen (secondary N) is 1. The second kappa shape index (κ2) is 6.82. The van der Waals surface area contributed by atoms with Gasteiger partial charge in [0.15, 0.2) is 0 Å². The summed E-state index contributed by atoms with van der Waals surface area (Å²) < 4.78 is 3.09. The Morgan fingerprint density at radius 3 is 2.89 bits per heavy atom. The van der Waals surface area contributed by atoms with E-state index in [2.05, 4.69) is 63.4 Å². The van der Waals surface area contributed by atoms with Crippen molar-refractivity contribution in [3.8, 4) is 0 Å². The fourth-order valence-electron chi connectivity index (χ4n) is 2.00. The minimum Gasteiger partial charge on any atom is -0.303 e. The van der Waals surface area contributed by atoms with Gasteiger partial charge in [0, 0.05) is 17.1 Å². The second-order valence-electron chi connectivity index (χ2n) is 4.52. The summed E-state index contributed by atoms with van der Waals surface area (Å²) in [4.78, 5) is 4.30. The Hall–Kier alpha value is -1.20. The van der Waals surface area contributed by atoms with Gasteiger partial charge in [0.25, 0.3) is 0 Å². The van der Waals surface area contributed by atoms with Crippen LogP contribution in [0.15, 0.2) is 35.1 Å². The molecule has 0 radical (unpaired) electrons. The van der Waals surface area contributed by atoms with E-state index < -0.39 is 0 Å². The van der Waals surface area contributed by atoms with Crippen molar-refractivity contribution in [2.45, 2.75) is 39.4 Å². The summed E-state index contributed by atoms with van der Waals surface area (Å²) in [5.74, 6) is 0.987. The van der Waals surface area contributed by atoms with E-state index in [1.54, 1.807) is 6.33 Å². The molecule has 0 aliphatic carbocycles. The number of rotatable bonds is 6. The predicted molar refractivity (Wildman–Crippen MR) is 79.7 cm³/mol. The SMILES string of the molecule is CCCn1ncnc1CN[C@@H](C)c1ccccc1Br. The van der Waals surface area contributed by atoms with Crippen LogP contribution in [0.5, 0.6) is 0 Å². The quantitative estimate of drug-likeness (QED) is 0.887. The Morgan fingerprint density at radius 2 is 2.16 bits per heavy atom. The number of aromatic nitrogens is 3. The highest BCUT2D eigenvalue weighted by Crippen LogP contribution is 2.22. The zero-order valence-electron chi connectivity index (χ0n) is 11.3. The van der Waals surface area contributed by atoms with Crippen LogP contribution in [0.25, 0.3) is 0 Å². The summed E-state index contributed by atoms with van der Waals surface area (Å²) in [6.45, 7) is 5.94. The van der Waals surface area contributed by atoms with Crippen molar-refractivity contribution in [3.05, 3.63) is 46.5 Å². The molecular weight excluding hydrogens is 304 g/mol. The van der Waals surface area contributed by atoms with Crippen molar-refractivity contribution < 1.29 is 0 Å². The lowest BCUT2D eigenvalue weighted by molar-refractivity contribution is 0.508. The van der Waals surface area contributed by atoms with E-state index in [1.165, 1.54) is 5.56 Å². The lowest BCUT2D eigenvalue weighted by Gasteiger charge is -2.15. The first-order valence-corrected chi connectivity index (χ1v) is 7.36. The van der Waals surface area contributed by atoms with Crippen molar-refractivity contribution in [3.63, 3.8) is 0 Å². The number of benzene rings is 1. The van der Waals surface area contributed by atoms with Gasteiger partial charge < -0.3 is 5.32 Å². The molecule has 2 aromatic rings. The molecule has 1 atom stereocenters. The maximum absolute atomic E-state index is 4.30. The number of hydrogen-bond donors (Lipinski definition) is 1. The predicted octanol–water partition coefficient (Wildman–Crippen LogP) is 3.30. The number of aryl methyl sites for hydroxylation is 1. The van der Waals surface area contributed by atoms with Crippen molar-refractivity contribution in [2.24, 2.45) is 0 Å². The molecule has 1 heterocycles. The third-order valence-corrected chi connectivity index (χ3v) is 3.79. The third kappa shape index (κ3) is 3.64. The smallest absolute Gasteiger partial charge is 0.140 e. The second-order valence-corrected chi connectivity index (χ2v) is 5.38. The monoisotopic (exact) mass is 322 g/mol. The average Bonchev–Trinajstić information content (AvgIpc) is 2.84. The molecule has 0 saturated heterocycles. The van der Waals surface area contributed by atoms with E-state index >= 15 is 0 Å². The fraction of sp³-hybridized carbons (Fsp3) is 0.429. The molecule has 19 heavy (non-hydrogen) atoms. The van der Waals surface area contributed by atoms with Gasteiger partial charge in [-0.1, -0.05) is 41.1 Å². The van der Waals surface area contributed by atoms with Gasteiger partial charge in [0.05, 0.1) is 6.54 Å². The molecule has 1 aromatic heterocycles. The number of hydrogen-bond acceptors (Lipinski definition) is 3. The summed E-state index contributed by atoms with van der Waals surface area (Å²) in [6, 6.07) is 8.53. The van der Waals surface area contributed by atoms with Gasteiger partial charge in [-0.25, -0.2) is 9.67 Å². The summed E-state index contributed by atoms with van der Waals surface area (Å²) in [7, 11) is 0. The lowest BCUT2D eigenvalue weighted by atomic mass is 10.1. The van der Waals surface area contributed by atoms with Crippen molar-refractivity contribution in [1.29, 1.82) is 0 Å². The molecule has 0 aliphatic rings. The summed E-state index contributed by atoms with van der Waals surface area (Å²) in [6.07, 6.45) is 2.69. The Balaban J connectivity index is 1.98. The molecule has 1 aromatic carbocycles. The molecule has 0 amide bonds. The molecule has 0 bridgehead atoms. The van der Waals surface area contributed by atoms with Crippen molar-refractivity contribution in [2.75, 3.05) is 0 Å². The minimum absolute atomic E-state index is 0.266. The van der Waals surface area contributed by atoms with Gasteiger partial charge in [-0.15, -0.1) is 0 Å². The Kier molecular flexibility index (Phi) is 5.10. The van der Waals surface area contributed by atoms with Gasteiger partial charge in [-0.2, -0.15) is 5.10 Å². The topological polar surface area (TPSA) is 42.7 Å². The van der Waals surface area contributed by atoms with Crippen molar-refractivity contribution in [1.82, 2.24) is 20.1 Å². The molecule has 0 saturated carbocycles. The van der Waals surface area contributed by atoms with Gasteiger partial charge >= 0.3 is 0 Å². The molecule has 4 nitrogen and oxygen atoms in total. The van der Waals surface area contributed by atoms with Crippen molar-refractivity contribution >= 4 is 15.9 Å². The normalized spacial score (nSPS) is 12.6. The highest BCUT2D eigenvalue weighted by atomic mass is 79.9. The standard InChI is InChI=1S/C14H19BrN4/c1-3-8-19-14(17-10-18-19)9-16-11(2)12-6-4-5-7-13(12)15/h4-7,10-11,16H,3,8-9H2,1-2H3/t11-/m0/s1. The highest BCUT2D eigenvalue weighted by molar-refractivity contribution is 9.10. The lowest BCUT2D eigenvalue weighted by Crippen LogP contribution is -2.21. The third-order valence-electron chi connectivity index (χ3n) is 3.07. The van der Waals surface area contributed by atoms with Gasteiger partial charge in [-0.3, -0.25) is 0 Å². The van der Waals surface area contributed by atoms with Crippen LogP contribution in [-0.4, -0.2) is 14.8 Å². The van der Waals surface area contributed by atoms with Gasteiger partial charge in [-0.05, 0) is 25.0 Å². The molecule has 0 unspecified atom stereocenters. The zero-order valence-corrected chi connectivity index (χ0v) is 12.9. The van der Waals surface area contributed by atoms with Crippen LogP contribution in [0.4, 0.5) is 0 Å². The maximum Gasteiger partial charge on any atom is 0.140 e. The zero-order chi connectivity index (χ0) is 13.7. The van der Waals surface area contributed by atoms with Gasteiger partial charge in [0.1, 0.15) is 12.2 Å². The van der Waals surface area contributed by atoms with Crippen LogP contribution in [0.2, 0.25) is 0 Å². The maximum atomic E-state index is 4.30. The largest absolute Gasteiger partial charge is 0.303 e. The van der Waals surface area contributed by atoms with Crippen LogP contribution in [0.3, 0.4) is 0 Å². The van der Waals surface area contributed by atoms with E-state index in [9.17, 15) is 0 Å². The van der Waals surface area contributed by atoms with E-state index in [0.29, 0.717) is 0 Å². The number of halogens is 1. The first kappa shape index (κ1) is 14.2. The average molecular weight is 323 g/mol. The molecule has 2 rings (SSSR count). The molecular formula is C14H19BrN4. The van der Waals surface area contributed by atoms with Crippen LogP contribution >= 0.6 is 15.9 Å².